The van der Waals surface area contributed by atoms with Gasteiger partial charge in [-0.3, -0.25) is 4.79 Å². The van der Waals surface area contributed by atoms with Crippen LogP contribution < -0.4 is 15.8 Å². The van der Waals surface area contributed by atoms with E-state index in [9.17, 15) is 4.79 Å². The molecule has 0 saturated carbocycles. The second-order valence-corrected chi connectivity index (χ2v) is 9.41. The van der Waals surface area contributed by atoms with Gasteiger partial charge in [0.25, 0.3) is 0 Å². The number of hydrogen-bond acceptors (Lipinski definition) is 8. The Balaban J connectivity index is 1.58. The number of morpholine rings is 1. The average Bonchev–Trinajstić information content (AvgIpc) is 3.45. The maximum absolute atomic E-state index is 11.6. The Morgan fingerprint density at radius 3 is 2.71 bits per heavy atom. The summed E-state index contributed by atoms with van der Waals surface area (Å²) >= 11 is 0. The van der Waals surface area contributed by atoms with Gasteiger partial charge in [-0.05, 0) is 39.0 Å². The van der Waals surface area contributed by atoms with Crippen LogP contribution in [0.1, 0.15) is 18.3 Å². The number of aryl methyl sites for hydroxylation is 1. The Morgan fingerprint density at radius 1 is 1.11 bits per heavy atom. The molecular weight excluding hydrogens is 482 g/mol. The number of fused-ring (bicyclic) bond motifs is 1. The first kappa shape index (κ1) is 23.9. The minimum atomic E-state index is -0.159. The summed E-state index contributed by atoms with van der Waals surface area (Å²) in [5.74, 6) is 1.99. The summed E-state index contributed by atoms with van der Waals surface area (Å²) < 4.78 is 9.47. The molecule has 0 radical (unpaired) electrons. The van der Waals surface area contributed by atoms with Crippen molar-refractivity contribution in [3.05, 3.63) is 70.4 Å². The Morgan fingerprint density at radius 2 is 1.95 bits per heavy atom. The third kappa shape index (κ3) is 4.01. The molecule has 1 atom stereocenters. The number of imidazole rings is 1. The van der Waals surface area contributed by atoms with E-state index in [1.54, 1.807) is 12.3 Å². The number of ether oxygens (including phenoxy) is 1. The number of nitrogens with zero attached hydrogens (tertiary/aromatic N) is 7. The van der Waals surface area contributed by atoms with Crippen LogP contribution in [-0.2, 0) is 4.74 Å². The van der Waals surface area contributed by atoms with E-state index in [1.165, 1.54) is 6.07 Å². The van der Waals surface area contributed by atoms with Crippen LogP contribution in [0.25, 0.3) is 33.9 Å². The first-order chi connectivity index (χ1) is 18.4. The fourth-order valence-corrected chi connectivity index (χ4v) is 5.06. The smallest absolute Gasteiger partial charge is 0.248 e. The van der Waals surface area contributed by atoms with Crippen LogP contribution in [0.15, 0.2) is 53.5 Å². The normalized spacial score (nSPS) is 15.8. The van der Waals surface area contributed by atoms with Crippen LogP contribution in [-0.4, -0.2) is 67.1 Å². The number of aromatic amines is 1. The van der Waals surface area contributed by atoms with Crippen molar-refractivity contribution in [3.8, 4) is 22.9 Å². The Kier molecular flexibility index (Phi) is 5.91. The lowest BCUT2D eigenvalue weighted by Crippen LogP contribution is -2.44. The highest BCUT2D eigenvalue weighted by molar-refractivity contribution is 5.81. The Hall–Kier alpha value is -4.51. The molecule has 38 heavy (non-hydrogen) atoms. The molecule has 11 nitrogen and oxygen atoms in total. The first-order valence-corrected chi connectivity index (χ1v) is 12.6. The van der Waals surface area contributed by atoms with Gasteiger partial charge in [-0.1, -0.05) is 12.1 Å². The lowest BCUT2D eigenvalue weighted by atomic mass is 10.1. The van der Waals surface area contributed by atoms with Crippen LogP contribution >= 0.6 is 0 Å². The number of para-hydroxylation sites is 2. The summed E-state index contributed by atoms with van der Waals surface area (Å²) in [6, 6.07) is 13.4. The van der Waals surface area contributed by atoms with Crippen molar-refractivity contribution < 1.29 is 4.74 Å². The highest BCUT2D eigenvalue weighted by Crippen LogP contribution is 2.32. The molecule has 2 N–H and O–H groups in total. The number of nitrogens with one attached hydrogen (secondary N) is 2. The van der Waals surface area contributed by atoms with Crippen LogP contribution in [0.4, 0.5) is 11.8 Å². The van der Waals surface area contributed by atoms with E-state index in [4.69, 9.17) is 24.8 Å². The fourth-order valence-electron chi connectivity index (χ4n) is 5.06. The van der Waals surface area contributed by atoms with Crippen molar-refractivity contribution in [1.82, 2.24) is 34.3 Å². The lowest BCUT2D eigenvalue weighted by molar-refractivity contribution is 0.0985. The third-order valence-electron chi connectivity index (χ3n) is 6.91. The number of anilines is 2. The van der Waals surface area contributed by atoms with Crippen molar-refractivity contribution in [3.63, 3.8) is 0 Å². The lowest BCUT2D eigenvalue weighted by Gasteiger charge is -2.34. The number of pyridine rings is 1. The van der Waals surface area contributed by atoms with Gasteiger partial charge in [0.15, 0.2) is 0 Å². The zero-order valence-electron chi connectivity index (χ0n) is 21.8. The molecule has 5 heterocycles. The van der Waals surface area contributed by atoms with Gasteiger partial charge in [0.2, 0.25) is 17.5 Å². The largest absolute Gasteiger partial charge is 0.377 e. The van der Waals surface area contributed by atoms with Crippen molar-refractivity contribution >= 4 is 22.8 Å². The quantitative estimate of drug-likeness (QED) is 0.369. The van der Waals surface area contributed by atoms with Crippen LogP contribution in [0.2, 0.25) is 0 Å². The molecule has 194 valence electrons. The highest BCUT2D eigenvalue weighted by Gasteiger charge is 2.25. The zero-order chi connectivity index (χ0) is 26.4. The molecule has 0 amide bonds. The Bertz CT molecular complexity index is 1680. The molecule has 1 fully saturated rings. The molecule has 1 saturated heterocycles. The maximum Gasteiger partial charge on any atom is 0.248 e. The summed E-state index contributed by atoms with van der Waals surface area (Å²) in [4.78, 5) is 31.5. The minimum absolute atomic E-state index is 0.159. The molecule has 0 aliphatic carbocycles. The average molecular weight is 512 g/mol. The van der Waals surface area contributed by atoms with E-state index in [1.807, 2.05) is 60.5 Å². The number of benzene rings is 1. The van der Waals surface area contributed by atoms with E-state index in [0.29, 0.717) is 25.1 Å². The van der Waals surface area contributed by atoms with Gasteiger partial charge in [0, 0.05) is 37.5 Å². The molecule has 4 aromatic heterocycles. The molecule has 0 bridgehead atoms. The van der Waals surface area contributed by atoms with Gasteiger partial charge in [-0.2, -0.15) is 10.1 Å². The van der Waals surface area contributed by atoms with Gasteiger partial charge >= 0.3 is 0 Å². The number of hydrogen-bond donors (Lipinski definition) is 2. The van der Waals surface area contributed by atoms with Gasteiger partial charge in [-0.25, -0.2) is 19.2 Å². The minimum Gasteiger partial charge on any atom is -0.377 e. The van der Waals surface area contributed by atoms with Crippen molar-refractivity contribution in [1.29, 1.82) is 0 Å². The van der Waals surface area contributed by atoms with E-state index in [-0.39, 0.29) is 11.6 Å². The SMILES string of the molecule is CNc1nc2ccccc2n1-c1nc(-c2c(C)nn(-c3ccc(=O)[nH]c3)c2C)cc(N2CCOC[C@H]2C)n1. The summed E-state index contributed by atoms with van der Waals surface area (Å²) in [5, 5.41) is 7.99. The van der Waals surface area contributed by atoms with Crippen LogP contribution in [0.5, 0.6) is 0 Å². The van der Waals surface area contributed by atoms with E-state index in [0.717, 1.165) is 51.7 Å². The zero-order valence-corrected chi connectivity index (χ0v) is 21.8. The van der Waals surface area contributed by atoms with Gasteiger partial charge in [0.05, 0.1) is 53.1 Å². The third-order valence-corrected chi connectivity index (χ3v) is 6.91. The first-order valence-electron chi connectivity index (χ1n) is 12.6. The standard InChI is InChI=1S/C27H29N9O2/c1-16-15-38-12-11-34(16)23-13-21(25-17(2)33-36(18(25)3)19-9-10-24(37)29-14-19)31-27(32-23)35-22-8-6-5-7-20(22)30-26(35)28-4/h5-10,13-14,16H,11-12,15H2,1-4H3,(H,28,30)(H,29,37)/t16-/m1/s1. The summed E-state index contributed by atoms with van der Waals surface area (Å²) in [6.45, 7) is 8.11. The predicted octanol–water partition coefficient (Wildman–Crippen LogP) is 3.24. The maximum atomic E-state index is 11.6. The monoisotopic (exact) mass is 511 g/mol. The molecule has 0 unspecified atom stereocenters. The number of H-pyrrole nitrogens is 1. The Labute approximate surface area is 219 Å². The van der Waals surface area contributed by atoms with Crippen LogP contribution in [0, 0.1) is 13.8 Å². The number of aromatic nitrogens is 7. The summed E-state index contributed by atoms with van der Waals surface area (Å²) in [6.07, 6.45) is 1.66. The molecule has 1 aliphatic heterocycles. The second kappa shape index (κ2) is 9.42. The van der Waals surface area contributed by atoms with Gasteiger partial charge < -0.3 is 19.9 Å². The van der Waals surface area contributed by atoms with Crippen molar-refractivity contribution in [2.75, 3.05) is 37.0 Å². The van der Waals surface area contributed by atoms with Gasteiger partial charge in [-0.15, -0.1) is 0 Å². The molecule has 11 heteroatoms. The summed E-state index contributed by atoms with van der Waals surface area (Å²) in [7, 11) is 1.84. The van der Waals surface area contributed by atoms with Gasteiger partial charge in [0.1, 0.15) is 5.82 Å². The molecule has 1 aliphatic rings. The molecular formula is C27H29N9O2. The highest BCUT2D eigenvalue weighted by atomic mass is 16.5. The van der Waals surface area contributed by atoms with Crippen LogP contribution in [0.3, 0.4) is 0 Å². The second-order valence-electron chi connectivity index (χ2n) is 9.41. The van der Waals surface area contributed by atoms with Crippen molar-refractivity contribution in [2.45, 2.75) is 26.8 Å². The fraction of sp³-hybridized carbons (Fsp3) is 0.296. The van der Waals surface area contributed by atoms with E-state index < -0.39 is 0 Å². The molecule has 5 aromatic rings. The van der Waals surface area contributed by atoms with E-state index in [2.05, 4.69) is 22.1 Å². The number of rotatable bonds is 5. The topological polar surface area (TPSA) is 119 Å². The molecule has 0 spiro atoms. The predicted molar refractivity (Wildman–Crippen MR) is 146 cm³/mol. The van der Waals surface area contributed by atoms with E-state index >= 15 is 0 Å². The summed E-state index contributed by atoms with van der Waals surface area (Å²) in [5.41, 5.74) is 5.77. The molecule has 1 aromatic carbocycles. The van der Waals surface area contributed by atoms with Crippen molar-refractivity contribution in [2.24, 2.45) is 0 Å². The molecule has 6 rings (SSSR count).